The fourth-order valence-electron chi connectivity index (χ4n) is 5.69. The number of nitrogens with two attached hydrogens (primary N) is 1. The van der Waals surface area contributed by atoms with Crippen LogP contribution in [-0.2, 0) is 39.0 Å². The lowest BCUT2D eigenvalue weighted by atomic mass is 9.86. The number of carbonyl (C=O) groups is 2. The van der Waals surface area contributed by atoms with Crippen molar-refractivity contribution in [2.24, 2.45) is 24.1 Å². The van der Waals surface area contributed by atoms with Gasteiger partial charge < -0.3 is 35.1 Å². The number of amides is 2. The van der Waals surface area contributed by atoms with E-state index < -0.39 is 35.8 Å². The number of aryl methyl sites for hydroxylation is 1. The van der Waals surface area contributed by atoms with E-state index >= 15 is 0 Å². The van der Waals surface area contributed by atoms with Crippen LogP contribution < -0.4 is 21.2 Å². The van der Waals surface area contributed by atoms with Crippen LogP contribution in [0.4, 0.5) is 4.79 Å². The number of aromatic nitrogens is 4. The van der Waals surface area contributed by atoms with Crippen molar-refractivity contribution in [2.45, 2.75) is 70.7 Å². The fraction of sp³-hybridized carbons (Fsp3) is 0.545. The summed E-state index contributed by atoms with van der Waals surface area (Å²) in [6.07, 6.45) is -1.60. The molecule has 15 nitrogen and oxygen atoms in total. The Morgan fingerprint density at radius 2 is 1.83 bits per heavy atom. The Morgan fingerprint density at radius 1 is 1.12 bits per heavy atom. The number of carbonyl (C=O) groups excluding carboxylic acids is 2. The maximum atomic E-state index is 13.3. The monoisotopic (exact) mass is 666 g/mol. The zero-order chi connectivity index (χ0) is 34.4. The summed E-state index contributed by atoms with van der Waals surface area (Å²) in [6.45, 7) is 6.59. The predicted octanol–water partition coefficient (Wildman–Crippen LogP) is 1.55. The molecular formula is C33H46N8O7. The van der Waals surface area contributed by atoms with E-state index in [-0.39, 0.29) is 37.8 Å². The van der Waals surface area contributed by atoms with Crippen LogP contribution in [0.5, 0.6) is 5.75 Å². The van der Waals surface area contributed by atoms with Gasteiger partial charge in [0.05, 0.1) is 51.5 Å². The van der Waals surface area contributed by atoms with Crippen molar-refractivity contribution in [3.05, 3.63) is 59.7 Å². The molecule has 5 rings (SSSR count). The van der Waals surface area contributed by atoms with E-state index in [2.05, 4.69) is 26.2 Å². The third-order valence-electron chi connectivity index (χ3n) is 8.62. The highest BCUT2D eigenvalue weighted by atomic mass is 16.7. The highest BCUT2D eigenvalue weighted by molar-refractivity contribution is 5.82. The highest BCUT2D eigenvalue weighted by Crippen LogP contribution is 2.33. The van der Waals surface area contributed by atoms with Gasteiger partial charge >= 0.3 is 6.09 Å². The number of fused-ring (bicyclic) bond motifs is 1. The number of methoxy groups -OCH3 is 1. The number of tetrazole rings is 1. The lowest BCUT2D eigenvalue weighted by molar-refractivity contribution is -0.126. The van der Waals surface area contributed by atoms with Gasteiger partial charge in [0, 0.05) is 18.7 Å². The molecule has 6 atom stereocenters. The molecule has 1 aromatic heterocycles. The molecule has 2 aliphatic heterocycles. The SMILES string of the molecule is COc1ccc(CC(NC(=O)C(N)C(C)(C)C)C(O)CN(Cc2ccc(-c3nnn(C)n3)cc2)NC(=O)OC2COC3OCCC23)cc1. The van der Waals surface area contributed by atoms with E-state index in [1.807, 2.05) is 69.3 Å². The molecule has 0 aliphatic carbocycles. The van der Waals surface area contributed by atoms with Crippen LogP contribution in [0.2, 0.25) is 0 Å². The Kier molecular flexibility index (Phi) is 11.3. The third kappa shape index (κ3) is 9.05. The van der Waals surface area contributed by atoms with Gasteiger partial charge in [0.2, 0.25) is 11.7 Å². The van der Waals surface area contributed by atoms with Crippen LogP contribution in [-0.4, -0.2) is 99.8 Å². The van der Waals surface area contributed by atoms with E-state index in [1.54, 1.807) is 19.2 Å². The number of aliphatic hydroxyl groups excluding tert-OH is 1. The third-order valence-corrected chi connectivity index (χ3v) is 8.62. The molecule has 260 valence electrons. The minimum Gasteiger partial charge on any atom is -0.497 e. The van der Waals surface area contributed by atoms with E-state index in [1.165, 1.54) is 4.80 Å². The number of benzene rings is 2. The predicted molar refractivity (Wildman–Crippen MR) is 174 cm³/mol. The van der Waals surface area contributed by atoms with Crippen molar-refractivity contribution >= 4 is 12.0 Å². The Labute approximate surface area is 280 Å². The van der Waals surface area contributed by atoms with E-state index in [9.17, 15) is 14.7 Å². The average Bonchev–Trinajstić information content (AvgIpc) is 3.79. The molecule has 3 aromatic rings. The molecule has 2 fully saturated rings. The summed E-state index contributed by atoms with van der Waals surface area (Å²) in [5.74, 6) is 0.749. The van der Waals surface area contributed by atoms with Crippen LogP contribution >= 0.6 is 0 Å². The summed E-state index contributed by atoms with van der Waals surface area (Å²) >= 11 is 0. The largest absolute Gasteiger partial charge is 0.497 e. The normalized spacial score (nSPS) is 21.0. The molecule has 6 unspecified atom stereocenters. The molecule has 2 aromatic carbocycles. The quantitative estimate of drug-likeness (QED) is 0.193. The van der Waals surface area contributed by atoms with Crippen LogP contribution in [0.3, 0.4) is 0 Å². The van der Waals surface area contributed by atoms with Crippen molar-refractivity contribution < 1.29 is 33.6 Å². The van der Waals surface area contributed by atoms with Crippen LogP contribution in [0.15, 0.2) is 48.5 Å². The second kappa shape index (κ2) is 15.4. The minimum absolute atomic E-state index is 0.0341. The number of ether oxygens (including phenoxy) is 4. The lowest BCUT2D eigenvalue weighted by Crippen LogP contribution is -2.57. The molecule has 0 spiro atoms. The summed E-state index contributed by atoms with van der Waals surface area (Å²) in [5, 5.41) is 28.4. The maximum absolute atomic E-state index is 13.3. The lowest BCUT2D eigenvalue weighted by Gasteiger charge is -2.33. The Hall–Kier alpha value is -4.15. The number of rotatable bonds is 13. The van der Waals surface area contributed by atoms with E-state index in [4.69, 9.17) is 24.7 Å². The first-order valence-electron chi connectivity index (χ1n) is 16.1. The fourth-order valence-corrected chi connectivity index (χ4v) is 5.69. The standard InChI is InChI=1S/C33H46N8O7/c1-33(2,3)28(34)30(43)35-25(16-20-8-12-23(45-5)13-9-20)26(42)18-41(38-32(44)48-27-19-47-31-24(27)14-15-46-31)17-21-6-10-22(11-7-21)29-36-39-40(4)37-29/h6-13,24-28,31,42H,14-19,34H2,1-5H3,(H,35,43)(H,38,44). The number of hydrogen-bond acceptors (Lipinski definition) is 12. The summed E-state index contributed by atoms with van der Waals surface area (Å²) in [5.41, 5.74) is 11.1. The van der Waals surface area contributed by atoms with Gasteiger partial charge in [-0.25, -0.2) is 9.80 Å². The van der Waals surface area contributed by atoms with Crippen molar-refractivity contribution in [2.75, 3.05) is 26.9 Å². The van der Waals surface area contributed by atoms with Crippen molar-refractivity contribution in [3.63, 3.8) is 0 Å². The Balaban J connectivity index is 1.34. The number of aliphatic hydroxyl groups is 1. The molecule has 2 aliphatic rings. The van der Waals surface area contributed by atoms with Gasteiger partial charge in [0.25, 0.3) is 0 Å². The summed E-state index contributed by atoms with van der Waals surface area (Å²) in [6, 6.07) is 13.3. The zero-order valence-electron chi connectivity index (χ0n) is 28.0. The Morgan fingerprint density at radius 3 is 2.48 bits per heavy atom. The minimum atomic E-state index is -1.13. The van der Waals surface area contributed by atoms with Gasteiger partial charge in [0.15, 0.2) is 6.29 Å². The number of hydrogen-bond donors (Lipinski definition) is 4. The van der Waals surface area contributed by atoms with Gasteiger partial charge in [-0.2, -0.15) is 4.80 Å². The first-order valence-corrected chi connectivity index (χ1v) is 16.1. The number of nitrogens with one attached hydrogen (secondary N) is 2. The Bertz CT molecular complexity index is 1510. The molecule has 48 heavy (non-hydrogen) atoms. The summed E-state index contributed by atoms with van der Waals surface area (Å²) < 4.78 is 22.2. The van der Waals surface area contributed by atoms with Crippen molar-refractivity contribution in [1.29, 1.82) is 0 Å². The molecule has 2 amide bonds. The first-order chi connectivity index (χ1) is 22.9. The zero-order valence-corrected chi connectivity index (χ0v) is 28.0. The summed E-state index contributed by atoms with van der Waals surface area (Å²) in [4.78, 5) is 27.9. The van der Waals surface area contributed by atoms with Gasteiger partial charge in [0.1, 0.15) is 11.9 Å². The van der Waals surface area contributed by atoms with Gasteiger partial charge in [-0.1, -0.05) is 57.2 Å². The molecule has 0 radical (unpaired) electrons. The second-order valence-electron chi connectivity index (χ2n) is 13.3. The molecule has 0 saturated carbocycles. The average molecular weight is 667 g/mol. The highest BCUT2D eigenvalue weighted by Gasteiger charge is 2.44. The van der Waals surface area contributed by atoms with Gasteiger partial charge in [-0.05, 0) is 46.7 Å². The van der Waals surface area contributed by atoms with Crippen molar-refractivity contribution in [1.82, 2.24) is 36.0 Å². The van der Waals surface area contributed by atoms with Crippen LogP contribution in [0, 0.1) is 11.3 Å². The molecule has 5 N–H and O–H groups in total. The van der Waals surface area contributed by atoms with Crippen LogP contribution in [0.25, 0.3) is 11.4 Å². The first kappa shape index (κ1) is 35.2. The van der Waals surface area contributed by atoms with E-state index in [0.717, 1.165) is 23.1 Å². The molecule has 15 heteroatoms. The second-order valence-corrected chi connectivity index (χ2v) is 13.3. The smallest absolute Gasteiger partial charge is 0.422 e. The van der Waals surface area contributed by atoms with E-state index in [0.29, 0.717) is 24.6 Å². The maximum Gasteiger partial charge on any atom is 0.422 e. The topological polar surface area (TPSA) is 188 Å². The summed E-state index contributed by atoms with van der Waals surface area (Å²) in [7, 11) is 3.28. The van der Waals surface area contributed by atoms with Crippen molar-refractivity contribution in [3.8, 4) is 17.1 Å². The molecular weight excluding hydrogens is 620 g/mol. The van der Waals surface area contributed by atoms with Gasteiger partial charge in [-0.3, -0.25) is 10.2 Å². The number of nitrogens with zero attached hydrogens (tertiary/aromatic N) is 5. The molecule has 2 saturated heterocycles. The number of hydrazine groups is 1. The van der Waals surface area contributed by atoms with Gasteiger partial charge in [-0.15, -0.1) is 10.2 Å². The molecule has 3 heterocycles. The van der Waals surface area contributed by atoms with Crippen LogP contribution in [0.1, 0.15) is 38.3 Å². The molecule has 0 bridgehead atoms.